The molecule has 76 heavy (non-hydrogen) atoms. The molecule has 7 bridgehead atoms. The second kappa shape index (κ2) is 18.6. The molecule has 0 amide bonds. The zero-order chi connectivity index (χ0) is 52.9. The van der Waals surface area contributed by atoms with Gasteiger partial charge in [-0.25, -0.2) is 0 Å². The monoisotopic (exact) mass is 1040 g/mol. The van der Waals surface area contributed by atoms with Gasteiger partial charge in [0.05, 0.1) is 23.2 Å². The molecule has 2 aromatic rings. The van der Waals surface area contributed by atoms with Gasteiger partial charge < -0.3 is 41.5 Å². The molecular weight excluding hydrogens is 947 g/mol. The zero-order valence-corrected chi connectivity index (χ0v) is 46.5. The van der Waals surface area contributed by atoms with Crippen LogP contribution in [0.2, 0.25) is 0 Å². The van der Waals surface area contributed by atoms with Crippen LogP contribution < -0.4 is 16.4 Å². The minimum absolute atomic E-state index is 0.0228. The van der Waals surface area contributed by atoms with Crippen LogP contribution >= 0.6 is 0 Å². The number of β-amino-alcohol motifs (C(OH)–C–C–N with tert-alkyl or cyclic N) is 1. The van der Waals surface area contributed by atoms with Gasteiger partial charge in [0.15, 0.2) is 5.78 Å². The topological polar surface area (TPSA) is 178 Å². The second-order valence-corrected chi connectivity index (χ2v) is 28.6. The van der Waals surface area contributed by atoms with Crippen molar-refractivity contribution in [2.45, 2.75) is 198 Å². The molecule has 412 valence electrons. The van der Waals surface area contributed by atoms with Gasteiger partial charge in [0.2, 0.25) is 0 Å². The summed E-state index contributed by atoms with van der Waals surface area (Å²) in [6, 6.07) is 14.2. The number of aromatic hydroxyl groups is 1. The van der Waals surface area contributed by atoms with E-state index in [-0.39, 0.29) is 82.7 Å². The van der Waals surface area contributed by atoms with Gasteiger partial charge in [0.25, 0.3) is 0 Å². The Balaban J connectivity index is 0.955. The number of ether oxygens (including phenoxy) is 1. The van der Waals surface area contributed by atoms with E-state index in [1.54, 1.807) is 0 Å². The predicted octanol–water partition coefficient (Wildman–Crippen LogP) is 10.5. The molecule has 2 aliphatic heterocycles. The van der Waals surface area contributed by atoms with Crippen LogP contribution in [0.25, 0.3) is 0 Å². The van der Waals surface area contributed by atoms with Gasteiger partial charge in [-0.1, -0.05) is 69.0 Å². The van der Waals surface area contributed by atoms with Gasteiger partial charge in [0.1, 0.15) is 17.6 Å². The number of aliphatic hydroxyl groups excluding tert-OH is 2. The van der Waals surface area contributed by atoms with Crippen molar-refractivity contribution in [2.75, 3.05) is 25.9 Å². The highest BCUT2D eigenvalue weighted by atomic mass is 16.6. The molecule has 2 heterocycles. The zero-order valence-electron chi connectivity index (χ0n) is 46.5. The summed E-state index contributed by atoms with van der Waals surface area (Å²) in [6.07, 6.45) is 21.1. The maximum Gasteiger partial charge on any atom is 0.163 e. The number of nitrogen functional groups attached to an aromatic ring is 1. The second-order valence-electron chi connectivity index (χ2n) is 28.6. The van der Waals surface area contributed by atoms with Crippen molar-refractivity contribution >= 4 is 17.3 Å². The van der Waals surface area contributed by atoms with Crippen LogP contribution in [0.3, 0.4) is 0 Å². The van der Waals surface area contributed by atoms with Crippen LogP contribution in [0.1, 0.15) is 178 Å². The molecule has 14 rings (SSSR count). The fourth-order valence-electron chi connectivity index (χ4n) is 22.5. The fourth-order valence-corrected chi connectivity index (χ4v) is 22.5. The number of allylic oxidation sites excluding steroid dienone is 4. The number of nitrogens with two attached hydrogens (primary N) is 1. The smallest absolute Gasteiger partial charge is 0.163 e. The first-order valence-electron chi connectivity index (χ1n) is 30.7. The van der Waals surface area contributed by atoms with E-state index in [2.05, 4.69) is 67.8 Å². The molecule has 10 heteroatoms. The van der Waals surface area contributed by atoms with Crippen molar-refractivity contribution in [1.82, 2.24) is 10.6 Å². The molecular formula is C66H91N3O7. The van der Waals surface area contributed by atoms with Gasteiger partial charge in [0, 0.05) is 48.2 Å². The van der Waals surface area contributed by atoms with Crippen LogP contribution in [0.15, 0.2) is 65.8 Å². The maximum absolute atomic E-state index is 16.4. The molecule has 10 aliphatic carbocycles. The molecule has 8 fully saturated rings. The summed E-state index contributed by atoms with van der Waals surface area (Å²) in [5, 5.41) is 54.9. The van der Waals surface area contributed by atoms with Crippen molar-refractivity contribution < 1.29 is 34.8 Å². The Hall–Kier alpha value is -3.38. The van der Waals surface area contributed by atoms with Gasteiger partial charge >= 0.3 is 0 Å². The largest absolute Gasteiger partial charge is 0.508 e. The summed E-state index contributed by atoms with van der Waals surface area (Å²) in [4.78, 5) is 32.7. The highest BCUT2D eigenvalue weighted by Gasteiger charge is 2.80. The Bertz CT molecular complexity index is 2700. The minimum atomic E-state index is -0.894. The molecule has 2 saturated heterocycles. The highest BCUT2D eigenvalue weighted by molar-refractivity contribution is 6.03. The van der Waals surface area contributed by atoms with Crippen LogP contribution in [-0.2, 0) is 20.9 Å². The lowest BCUT2D eigenvalue weighted by atomic mass is 9.28. The summed E-state index contributed by atoms with van der Waals surface area (Å²) in [7, 11) is 1.93. The summed E-state index contributed by atoms with van der Waals surface area (Å²) in [6.45, 7) is 10.6. The summed E-state index contributed by atoms with van der Waals surface area (Å²) >= 11 is 0. The Morgan fingerprint density at radius 3 is 2.53 bits per heavy atom. The number of nitrogens with one attached hydrogen (secondary N) is 2. The number of anilines is 1. The summed E-state index contributed by atoms with van der Waals surface area (Å²) < 4.78 is 6.84. The van der Waals surface area contributed by atoms with E-state index in [0.29, 0.717) is 61.7 Å². The van der Waals surface area contributed by atoms with Crippen LogP contribution in [0.5, 0.6) is 5.75 Å². The number of epoxide rings is 1. The molecule has 8 N–H and O–H groups in total. The average molecular weight is 1040 g/mol. The number of Topliss-reactive ketones (excluding diaryl/α,β-unsaturated/α-hetero) is 2. The summed E-state index contributed by atoms with van der Waals surface area (Å²) in [5.41, 5.74) is 9.70. The number of phenolic OH excluding ortho intramolecular Hbond substituents is 1. The van der Waals surface area contributed by atoms with E-state index in [0.717, 1.165) is 125 Å². The van der Waals surface area contributed by atoms with Crippen LogP contribution in [-0.4, -0.2) is 81.6 Å². The number of carbonyl (C=O) groups is 2. The molecule has 10 nitrogen and oxygen atoms in total. The van der Waals surface area contributed by atoms with Crippen LogP contribution in [0, 0.1) is 80.8 Å². The Morgan fingerprint density at radius 2 is 1.72 bits per heavy atom. The van der Waals surface area contributed by atoms with E-state index in [1.807, 2.05) is 32.2 Å². The van der Waals surface area contributed by atoms with Crippen molar-refractivity contribution in [3.05, 3.63) is 82.5 Å². The first-order valence-corrected chi connectivity index (χ1v) is 30.7. The van der Waals surface area contributed by atoms with E-state index in [1.165, 1.54) is 11.1 Å². The third-order valence-electron chi connectivity index (χ3n) is 25.3. The Morgan fingerprint density at radius 1 is 0.921 bits per heavy atom. The summed E-state index contributed by atoms with van der Waals surface area (Å²) in [5.74, 6) is 2.02. The van der Waals surface area contributed by atoms with Gasteiger partial charge in [-0.2, -0.15) is 0 Å². The lowest BCUT2D eigenvalue weighted by molar-refractivity contribution is -0.250. The van der Waals surface area contributed by atoms with Crippen molar-refractivity contribution in [3.8, 4) is 5.75 Å². The molecule has 2 spiro atoms. The Kier molecular flexibility index (Phi) is 12.7. The number of hydrogen-bond acceptors (Lipinski definition) is 10. The number of hydrogen-bond donors (Lipinski definition) is 7. The lowest BCUT2D eigenvalue weighted by Gasteiger charge is -2.76. The van der Waals surface area contributed by atoms with Crippen LogP contribution in [0.4, 0.5) is 5.69 Å². The molecule has 0 radical (unpaired) electrons. The number of fused-ring (bicyclic) bond motifs is 3. The van der Waals surface area contributed by atoms with E-state index < -0.39 is 34.1 Å². The van der Waals surface area contributed by atoms with Crippen molar-refractivity contribution in [2.24, 2.45) is 80.8 Å². The number of benzene rings is 2. The number of carbonyl (C=O) groups excluding carboxylic acids is 2. The van der Waals surface area contributed by atoms with E-state index in [9.17, 15) is 20.4 Å². The first-order chi connectivity index (χ1) is 36.4. The number of aliphatic hydroxyl groups is 3. The van der Waals surface area contributed by atoms with Gasteiger partial charge in [-0.3, -0.25) is 9.59 Å². The fraction of sp³-hybridized carbons (Fsp3) is 0.727. The molecule has 6 saturated carbocycles. The molecule has 12 aliphatic rings. The minimum Gasteiger partial charge on any atom is -0.508 e. The van der Waals surface area contributed by atoms with E-state index in [4.69, 9.17) is 10.5 Å². The average Bonchev–Trinajstić information content (AvgIpc) is 4.02. The van der Waals surface area contributed by atoms with Crippen molar-refractivity contribution in [1.29, 1.82) is 0 Å². The number of phenols is 1. The third-order valence-corrected chi connectivity index (χ3v) is 25.3. The maximum atomic E-state index is 16.4. The van der Waals surface area contributed by atoms with Gasteiger partial charge in [-0.05, 0) is 240 Å². The SMILES string of the molecule is CNCc1cc(O)cc(C2C(=O)C34CC=CC2C2(C)C3C(CC35C6CCC7CCC(CO)CC7C(CC(O)C7OC7(C)C7CCCC7c7cccc(N)c7)C7=C(CCC23)C5(C)C(CC6)C7=O)NCC(C)(O)CCCC4)c1. The van der Waals surface area contributed by atoms with Gasteiger partial charge in [-0.15, -0.1) is 0 Å². The van der Waals surface area contributed by atoms with Crippen molar-refractivity contribution in [3.63, 3.8) is 0 Å². The standard InChI is InChI=1S/C66H91N3O7/c1-61(75)24-6-7-25-65-26-10-15-49(55(59(65)74)41-27-38(34-68-5)28-44(71)31-41)62(2)54-23-22-50-56-47(32-53(72)60-64(4,76-60)48-14-9-13-45(48)40-11-8-12-43(67)30-40)46-29-37(35-70)16-17-39(46)18-19-42-20-21-51(57(56)73)63(50,3)66(42,54)33-52(58(62)65)69-36-61/h8,10-12,15,27-28,30-31,37,39,42,45-49,51-55,58,60,68-72,75H,6-7,9,13-14,16-26,29,32-36,67H2,1-5H3. The number of ketones is 2. The predicted molar refractivity (Wildman–Crippen MR) is 296 cm³/mol. The molecule has 21 unspecified atom stereocenters. The number of rotatable bonds is 9. The molecule has 21 atom stereocenters. The molecule has 0 aromatic heterocycles. The molecule has 2 aromatic carbocycles. The Labute approximate surface area is 453 Å². The quantitative estimate of drug-likeness (QED) is 0.0727. The third kappa shape index (κ3) is 7.43. The van der Waals surface area contributed by atoms with E-state index >= 15 is 9.59 Å². The lowest BCUT2D eigenvalue weighted by Crippen LogP contribution is -2.75. The first kappa shape index (κ1) is 52.0. The highest BCUT2D eigenvalue weighted by Crippen LogP contribution is 2.82. The normalized spacial score (nSPS) is 47.7.